The van der Waals surface area contributed by atoms with Gasteiger partial charge in [0.2, 0.25) is 0 Å². The van der Waals surface area contributed by atoms with E-state index in [0.717, 1.165) is 0 Å². The van der Waals surface area contributed by atoms with Crippen molar-refractivity contribution >= 4 is 11.9 Å². The van der Waals surface area contributed by atoms with E-state index in [1.807, 2.05) is 6.92 Å². The van der Waals surface area contributed by atoms with Gasteiger partial charge in [-0.1, -0.05) is 12.1 Å². The Morgan fingerprint density at radius 2 is 2.19 bits per heavy atom. The zero-order valence-corrected chi connectivity index (χ0v) is 9.24. The van der Waals surface area contributed by atoms with E-state index in [9.17, 15) is 9.59 Å². The van der Waals surface area contributed by atoms with Crippen LogP contribution in [0.2, 0.25) is 0 Å². The summed E-state index contributed by atoms with van der Waals surface area (Å²) in [6.45, 7) is 3.62. The lowest BCUT2D eigenvalue weighted by Gasteiger charge is -2.02. The summed E-state index contributed by atoms with van der Waals surface area (Å²) in [5, 5.41) is 14.7. The third-order valence-corrected chi connectivity index (χ3v) is 2.12. The summed E-state index contributed by atoms with van der Waals surface area (Å²) in [5.74, 6) is -0.834. The predicted molar refractivity (Wildman–Crippen MR) is 55.2 cm³/mol. The van der Waals surface area contributed by atoms with Gasteiger partial charge in [0.15, 0.2) is 0 Å². The first-order valence-corrected chi connectivity index (χ1v) is 5.01. The summed E-state index contributed by atoms with van der Waals surface area (Å²) in [6, 6.07) is 0. The quantitative estimate of drug-likeness (QED) is 0.772. The fourth-order valence-electron chi connectivity index (χ4n) is 1.32. The highest BCUT2D eigenvalue weighted by Crippen LogP contribution is 2.13. The third kappa shape index (κ3) is 2.82. The molecule has 0 aliphatic heterocycles. The number of nitrogens with one attached hydrogen (secondary N) is 1. The smallest absolute Gasteiger partial charge is 0.305 e. The van der Waals surface area contributed by atoms with E-state index in [4.69, 9.17) is 9.63 Å². The Hall–Kier alpha value is -1.85. The molecule has 0 fully saturated rings. The van der Waals surface area contributed by atoms with Gasteiger partial charge in [-0.3, -0.25) is 9.59 Å². The van der Waals surface area contributed by atoms with Gasteiger partial charge >= 0.3 is 5.97 Å². The molecule has 0 radical (unpaired) electrons. The number of carbonyl (C=O) groups is 2. The number of hydrogen-bond donors (Lipinski definition) is 2. The molecule has 0 saturated heterocycles. The molecular weight excluding hydrogens is 212 g/mol. The molecule has 0 saturated carbocycles. The van der Waals surface area contributed by atoms with Crippen LogP contribution in [0.3, 0.4) is 0 Å². The molecule has 0 bridgehead atoms. The minimum absolute atomic E-state index is 0.0991. The number of aliphatic carboxylic acids is 1. The molecule has 88 valence electrons. The molecule has 1 aromatic heterocycles. The number of carboxylic acid groups (broad SMARTS) is 1. The lowest BCUT2D eigenvalue weighted by Crippen LogP contribution is -2.27. The lowest BCUT2D eigenvalue weighted by atomic mass is 10.1. The SMILES string of the molecule is CCc1noc(C)c1C(=O)NCCC(=O)O. The van der Waals surface area contributed by atoms with Crippen LogP contribution < -0.4 is 5.32 Å². The van der Waals surface area contributed by atoms with Crippen LogP contribution in [0.15, 0.2) is 4.52 Å². The third-order valence-electron chi connectivity index (χ3n) is 2.12. The highest BCUT2D eigenvalue weighted by atomic mass is 16.5. The van der Waals surface area contributed by atoms with Gasteiger partial charge < -0.3 is 14.9 Å². The molecule has 0 aliphatic carbocycles. The van der Waals surface area contributed by atoms with Crippen LogP contribution in [-0.2, 0) is 11.2 Å². The molecule has 1 aromatic rings. The molecule has 0 spiro atoms. The fraction of sp³-hybridized carbons (Fsp3) is 0.500. The van der Waals surface area contributed by atoms with Gasteiger partial charge in [-0.25, -0.2) is 0 Å². The van der Waals surface area contributed by atoms with E-state index in [1.54, 1.807) is 6.92 Å². The molecule has 1 amide bonds. The van der Waals surface area contributed by atoms with Crippen molar-refractivity contribution in [3.8, 4) is 0 Å². The first-order valence-electron chi connectivity index (χ1n) is 5.01. The number of nitrogens with zero attached hydrogens (tertiary/aromatic N) is 1. The second-order valence-electron chi connectivity index (χ2n) is 3.31. The van der Waals surface area contributed by atoms with Crippen LogP contribution in [0, 0.1) is 6.92 Å². The molecular formula is C10H14N2O4. The van der Waals surface area contributed by atoms with Crippen molar-refractivity contribution in [2.45, 2.75) is 26.7 Å². The van der Waals surface area contributed by atoms with E-state index in [2.05, 4.69) is 10.5 Å². The molecule has 0 aromatic carbocycles. The monoisotopic (exact) mass is 226 g/mol. The summed E-state index contributed by atoms with van der Waals surface area (Å²) in [6.07, 6.45) is 0.497. The van der Waals surface area contributed by atoms with E-state index < -0.39 is 5.97 Å². The Balaban J connectivity index is 2.65. The highest BCUT2D eigenvalue weighted by Gasteiger charge is 2.18. The lowest BCUT2D eigenvalue weighted by molar-refractivity contribution is -0.136. The van der Waals surface area contributed by atoms with Crippen molar-refractivity contribution in [1.29, 1.82) is 0 Å². The van der Waals surface area contributed by atoms with E-state index >= 15 is 0 Å². The van der Waals surface area contributed by atoms with E-state index in [-0.39, 0.29) is 18.9 Å². The van der Waals surface area contributed by atoms with Gasteiger partial charge in [-0.15, -0.1) is 0 Å². The molecule has 6 nitrogen and oxygen atoms in total. The number of aryl methyl sites for hydroxylation is 2. The normalized spacial score (nSPS) is 10.1. The average molecular weight is 226 g/mol. The number of rotatable bonds is 5. The molecule has 16 heavy (non-hydrogen) atoms. The first kappa shape index (κ1) is 12.2. The largest absolute Gasteiger partial charge is 0.481 e. The van der Waals surface area contributed by atoms with Crippen LogP contribution in [0.4, 0.5) is 0 Å². The van der Waals surface area contributed by atoms with Gasteiger partial charge in [-0.05, 0) is 13.3 Å². The summed E-state index contributed by atoms with van der Waals surface area (Å²) < 4.78 is 4.91. The standard InChI is InChI=1S/C10H14N2O4/c1-3-7-9(6(2)16-12-7)10(15)11-5-4-8(13)14/h3-5H2,1-2H3,(H,11,15)(H,13,14). The van der Waals surface area contributed by atoms with Crippen LogP contribution in [0.1, 0.15) is 35.2 Å². The maximum atomic E-state index is 11.7. The molecule has 1 heterocycles. The number of carboxylic acids is 1. The molecule has 0 unspecified atom stereocenters. The molecule has 0 atom stereocenters. The van der Waals surface area contributed by atoms with Crippen LogP contribution in [0.25, 0.3) is 0 Å². The number of hydrogen-bond acceptors (Lipinski definition) is 4. The fourth-order valence-corrected chi connectivity index (χ4v) is 1.32. The summed E-state index contributed by atoms with van der Waals surface area (Å²) >= 11 is 0. The number of amides is 1. The first-order chi connectivity index (χ1) is 7.56. The van der Waals surface area contributed by atoms with Crippen molar-refractivity contribution in [3.05, 3.63) is 17.0 Å². The second kappa shape index (κ2) is 5.29. The minimum atomic E-state index is -0.946. The van der Waals surface area contributed by atoms with E-state index in [0.29, 0.717) is 23.4 Å². The Bertz CT molecular complexity index is 398. The average Bonchev–Trinajstić information content (AvgIpc) is 2.58. The zero-order valence-electron chi connectivity index (χ0n) is 9.24. The van der Waals surface area contributed by atoms with E-state index in [1.165, 1.54) is 0 Å². The van der Waals surface area contributed by atoms with Crippen molar-refractivity contribution < 1.29 is 19.2 Å². The molecule has 6 heteroatoms. The molecule has 1 rings (SSSR count). The van der Waals surface area contributed by atoms with Crippen molar-refractivity contribution in [3.63, 3.8) is 0 Å². The van der Waals surface area contributed by atoms with Gasteiger partial charge in [0, 0.05) is 6.54 Å². The second-order valence-corrected chi connectivity index (χ2v) is 3.31. The molecule has 2 N–H and O–H groups in total. The Kier molecular flexibility index (Phi) is 4.04. The van der Waals surface area contributed by atoms with Gasteiger partial charge in [0.1, 0.15) is 11.3 Å². The van der Waals surface area contributed by atoms with Crippen LogP contribution in [0.5, 0.6) is 0 Å². The van der Waals surface area contributed by atoms with Crippen molar-refractivity contribution in [2.75, 3.05) is 6.54 Å². The number of aromatic nitrogens is 1. The van der Waals surface area contributed by atoms with Crippen molar-refractivity contribution in [1.82, 2.24) is 10.5 Å². The Labute approximate surface area is 92.6 Å². The van der Waals surface area contributed by atoms with Gasteiger partial charge in [0.05, 0.1) is 12.1 Å². The van der Waals surface area contributed by atoms with Gasteiger partial charge in [0.25, 0.3) is 5.91 Å². The Morgan fingerprint density at radius 3 is 2.75 bits per heavy atom. The maximum Gasteiger partial charge on any atom is 0.305 e. The predicted octanol–water partition coefficient (Wildman–Crippen LogP) is 0.750. The number of carbonyl (C=O) groups excluding carboxylic acids is 1. The summed E-state index contributed by atoms with van der Waals surface area (Å²) in [7, 11) is 0. The minimum Gasteiger partial charge on any atom is -0.481 e. The highest BCUT2D eigenvalue weighted by molar-refractivity contribution is 5.96. The maximum absolute atomic E-state index is 11.7. The van der Waals surface area contributed by atoms with Crippen LogP contribution >= 0.6 is 0 Å². The zero-order chi connectivity index (χ0) is 12.1. The Morgan fingerprint density at radius 1 is 1.50 bits per heavy atom. The topological polar surface area (TPSA) is 92.4 Å². The van der Waals surface area contributed by atoms with Crippen molar-refractivity contribution in [2.24, 2.45) is 0 Å². The molecule has 0 aliphatic rings. The van der Waals surface area contributed by atoms with Gasteiger partial charge in [-0.2, -0.15) is 0 Å². The van der Waals surface area contributed by atoms with Crippen LogP contribution in [-0.4, -0.2) is 28.7 Å². The summed E-state index contributed by atoms with van der Waals surface area (Å²) in [5.41, 5.74) is 0.998. The summed E-state index contributed by atoms with van der Waals surface area (Å²) in [4.78, 5) is 22.0.